The largest absolute Gasteiger partial charge is 0.492 e. The fourth-order valence-corrected chi connectivity index (χ4v) is 2.15. The molecular formula is C17H19Cl2N3O2. The van der Waals surface area contributed by atoms with Crippen molar-refractivity contribution >= 4 is 34.9 Å². The lowest BCUT2D eigenvalue weighted by Gasteiger charge is -2.23. The highest BCUT2D eigenvalue weighted by atomic mass is 35.5. The highest BCUT2D eigenvalue weighted by molar-refractivity contribution is 6.30. The predicted octanol–water partition coefficient (Wildman–Crippen LogP) is 3.73. The number of likely N-dealkylation sites (N-methyl/N-ethyl adjacent to an activating group) is 1. The maximum Gasteiger partial charge on any atom is 0.242 e. The number of halogens is 2. The van der Waals surface area contributed by atoms with Gasteiger partial charge in [-0.25, -0.2) is 4.98 Å². The third kappa shape index (κ3) is 5.67. The Morgan fingerprint density at radius 2 is 1.88 bits per heavy atom. The van der Waals surface area contributed by atoms with E-state index in [1.165, 1.54) is 6.20 Å². The molecule has 0 aliphatic heterocycles. The van der Waals surface area contributed by atoms with Crippen molar-refractivity contribution in [2.75, 3.05) is 25.5 Å². The molecule has 1 atom stereocenters. The van der Waals surface area contributed by atoms with Crippen molar-refractivity contribution in [1.82, 2.24) is 9.88 Å². The van der Waals surface area contributed by atoms with Gasteiger partial charge in [-0.2, -0.15) is 0 Å². The Kier molecular flexibility index (Phi) is 6.85. The number of amides is 1. The van der Waals surface area contributed by atoms with Crippen molar-refractivity contribution in [2.45, 2.75) is 13.0 Å². The van der Waals surface area contributed by atoms with Gasteiger partial charge in [0.05, 0.1) is 11.1 Å². The van der Waals surface area contributed by atoms with Crippen molar-refractivity contribution in [3.05, 3.63) is 52.6 Å². The van der Waals surface area contributed by atoms with Crippen LogP contribution in [-0.4, -0.2) is 42.0 Å². The molecule has 0 bridgehead atoms. The zero-order valence-electron chi connectivity index (χ0n) is 13.5. The normalized spacial score (nSPS) is 12.0. The lowest BCUT2D eigenvalue weighted by atomic mass is 10.2. The van der Waals surface area contributed by atoms with Crippen LogP contribution < -0.4 is 10.1 Å². The monoisotopic (exact) mass is 367 g/mol. The second-order valence-corrected chi connectivity index (χ2v) is 6.18. The van der Waals surface area contributed by atoms with Gasteiger partial charge < -0.3 is 10.1 Å². The van der Waals surface area contributed by atoms with E-state index in [4.69, 9.17) is 27.9 Å². The highest BCUT2D eigenvalue weighted by Gasteiger charge is 2.18. The quantitative estimate of drug-likeness (QED) is 0.809. The third-order valence-electron chi connectivity index (χ3n) is 3.55. The van der Waals surface area contributed by atoms with Crippen LogP contribution in [0.15, 0.2) is 42.6 Å². The number of hydrogen-bond acceptors (Lipinski definition) is 4. The molecule has 1 aromatic carbocycles. The summed E-state index contributed by atoms with van der Waals surface area (Å²) in [4.78, 5) is 18.2. The number of hydrogen-bond donors (Lipinski definition) is 1. The lowest BCUT2D eigenvalue weighted by molar-refractivity contribution is -0.120. The molecular weight excluding hydrogens is 349 g/mol. The summed E-state index contributed by atoms with van der Waals surface area (Å²) in [7, 11) is 1.87. The van der Waals surface area contributed by atoms with Crippen molar-refractivity contribution in [1.29, 1.82) is 0 Å². The molecule has 0 saturated carbocycles. The molecule has 2 rings (SSSR count). The topological polar surface area (TPSA) is 54.5 Å². The zero-order chi connectivity index (χ0) is 17.5. The molecule has 0 aliphatic rings. The zero-order valence-corrected chi connectivity index (χ0v) is 15.0. The number of aromatic nitrogens is 1. The number of anilines is 1. The molecule has 1 aromatic heterocycles. The van der Waals surface area contributed by atoms with Crippen molar-refractivity contribution in [2.24, 2.45) is 0 Å². The van der Waals surface area contributed by atoms with Crippen LogP contribution in [0.5, 0.6) is 5.75 Å². The van der Waals surface area contributed by atoms with Crippen LogP contribution in [-0.2, 0) is 4.79 Å². The number of rotatable bonds is 7. The molecule has 2 aromatic rings. The van der Waals surface area contributed by atoms with Crippen molar-refractivity contribution < 1.29 is 9.53 Å². The minimum Gasteiger partial charge on any atom is -0.492 e. The van der Waals surface area contributed by atoms with Crippen LogP contribution in [0.1, 0.15) is 6.92 Å². The van der Waals surface area contributed by atoms with Gasteiger partial charge in [0.25, 0.3) is 0 Å². The van der Waals surface area contributed by atoms with E-state index in [9.17, 15) is 4.79 Å². The van der Waals surface area contributed by atoms with Crippen molar-refractivity contribution in [3.63, 3.8) is 0 Å². The Bertz CT molecular complexity index is 663. The summed E-state index contributed by atoms with van der Waals surface area (Å²) in [6.07, 6.45) is 1.49. The van der Waals surface area contributed by atoms with E-state index in [2.05, 4.69) is 10.3 Å². The van der Waals surface area contributed by atoms with Gasteiger partial charge in [-0.1, -0.05) is 23.2 Å². The van der Waals surface area contributed by atoms with Gasteiger partial charge in [-0.3, -0.25) is 9.69 Å². The van der Waals surface area contributed by atoms with E-state index >= 15 is 0 Å². The van der Waals surface area contributed by atoms with Gasteiger partial charge in [-0.05, 0) is 50.4 Å². The first kappa shape index (κ1) is 18.5. The second kappa shape index (κ2) is 8.87. The Hall–Kier alpha value is -1.82. The SMILES string of the molecule is C[C@@H](C(=O)Nc1ccc(Cl)cn1)N(C)CCOc1ccc(Cl)cc1. The summed E-state index contributed by atoms with van der Waals surface area (Å²) < 4.78 is 5.63. The minimum absolute atomic E-state index is 0.140. The second-order valence-electron chi connectivity index (χ2n) is 5.31. The summed E-state index contributed by atoms with van der Waals surface area (Å²) in [6, 6.07) is 10.2. The molecule has 5 nitrogen and oxygen atoms in total. The maximum absolute atomic E-state index is 12.2. The molecule has 7 heteroatoms. The molecule has 24 heavy (non-hydrogen) atoms. The van der Waals surface area contributed by atoms with Gasteiger partial charge in [0.1, 0.15) is 18.2 Å². The van der Waals surface area contributed by atoms with Crippen LogP contribution in [0.3, 0.4) is 0 Å². The van der Waals surface area contributed by atoms with E-state index < -0.39 is 0 Å². The molecule has 0 spiro atoms. The number of pyridine rings is 1. The number of ether oxygens (including phenoxy) is 1. The van der Waals surface area contributed by atoms with E-state index in [1.807, 2.05) is 31.0 Å². The molecule has 0 fully saturated rings. The lowest BCUT2D eigenvalue weighted by Crippen LogP contribution is -2.41. The third-order valence-corrected chi connectivity index (χ3v) is 4.02. The standard InChI is InChI=1S/C17H19Cl2N3O2/c1-12(17(23)21-16-8-5-14(19)11-20-16)22(2)9-10-24-15-6-3-13(18)4-7-15/h3-8,11-12H,9-10H2,1-2H3,(H,20,21,23)/t12-/m0/s1. The molecule has 1 amide bonds. The first-order chi connectivity index (χ1) is 11.5. The molecule has 0 unspecified atom stereocenters. The van der Waals surface area contributed by atoms with Gasteiger partial charge in [0.15, 0.2) is 0 Å². The van der Waals surface area contributed by atoms with Gasteiger partial charge >= 0.3 is 0 Å². The minimum atomic E-state index is -0.323. The van der Waals surface area contributed by atoms with Gasteiger partial charge in [0.2, 0.25) is 5.91 Å². The van der Waals surface area contributed by atoms with Gasteiger partial charge in [-0.15, -0.1) is 0 Å². The molecule has 128 valence electrons. The number of nitrogens with zero attached hydrogens (tertiary/aromatic N) is 2. The Morgan fingerprint density at radius 1 is 1.21 bits per heavy atom. The van der Waals surface area contributed by atoms with E-state index in [0.717, 1.165) is 5.75 Å². The highest BCUT2D eigenvalue weighted by Crippen LogP contribution is 2.15. The predicted molar refractivity (Wildman–Crippen MR) is 96.9 cm³/mol. The molecule has 1 N–H and O–H groups in total. The number of carbonyl (C=O) groups excluding carboxylic acids is 1. The maximum atomic E-state index is 12.2. The Balaban J connectivity index is 1.78. The van der Waals surface area contributed by atoms with Crippen LogP contribution in [0.25, 0.3) is 0 Å². The first-order valence-electron chi connectivity index (χ1n) is 7.47. The van der Waals surface area contributed by atoms with Crippen molar-refractivity contribution in [3.8, 4) is 5.75 Å². The summed E-state index contributed by atoms with van der Waals surface area (Å²) >= 11 is 11.6. The number of carbonyl (C=O) groups is 1. The summed E-state index contributed by atoms with van der Waals surface area (Å²) in [5, 5.41) is 3.95. The fraction of sp³-hybridized carbons (Fsp3) is 0.294. The van der Waals surface area contributed by atoms with E-state index in [-0.39, 0.29) is 11.9 Å². The number of benzene rings is 1. The summed E-state index contributed by atoms with van der Waals surface area (Å²) in [5.74, 6) is 1.08. The van der Waals surface area contributed by atoms with Crippen LogP contribution in [0.2, 0.25) is 10.0 Å². The Morgan fingerprint density at radius 3 is 2.50 bits per heavy atom. The van der Waals surface area contributed by atoms with E-state index in [1.54, 1.807) is 24.3 Å². The Labute approximate surface area is 151 Å². The smallest absolute Gasteiger partial charge is 0.242 e. The van der Waals surface area contributed by atoms with Crippen LogP contribution >= 0.6 is 23.2 Å². The number of nitrogens with one attached hydrogen (secondary N) is 1. The average molecular weight is 368 g/mol. The van der Waals surface area contributed by atoms with Crippen LogP contribution in [0, 0.1) is 0 Å². The van der Waals surface area contributed by atoms with Gasteiger partial charge in [0, 0.05) is 17.8 Å². The molecule has 1 heterocycles. The molecule has 0 radical (unpaired) electrons. The fourth-order valence-electron chi connectivity index (χ4n) is 1.91. The average Bonchev–Trinajstić information content (AvgIpc) is 2.58. The van der Waals surface area contributed by atoms with Crippen LogP contribution in [0.4, 0.5) is 5.82 Å². The first-order valence-corrected chi connectivity index (χ1v) is 8.22. The summed E-state index contributed by atoms with van der Waals surface area (Å²) in [5.41, 5.74) is 0. The molecule has 0 saturated heterocycles. The molecule has 0 aliphatic carbocycles. The van der Waals surface area contributed by atoms with E-state index in [0.29, 0.717) is 29.0 Å². The summed E-state index contributed by atoms with van der Waals surface area (Å²) in [6.45, 7) is 2.90.